The van der Waals surface area contributed by atoms with E-state index in [4.69, 9.17) is 9.84 Å². The zero-order valence-corrected chi connectivity index (χ0v) is 13.4. The predicted octanol–water partition coefficient (Wildman–Crippen LogP) is 2.18. The molecule has 1 heterocycles. The number of hydrogen-bond donors (Lipinski definition) is 2. The summed E-state index contributed by atoms with van der Waals surface area (Å²) in [6, 6.07) is 10.6. The van der Waals surface area contributed by atoms with Crippen LogP contribution in [0.4, 0.5) is 0 Å². The summed E-state index contributed by atoms with van der Waals surface area (Å²) >= 11 is 0. The number of para-hydroxylation sites is 1. The monoisotopic (exact) mass is 328 g/mol. The molecule has 2 N–H and O–H groups in total. The second-order valence-corrected chi connectivity index (χ2v) is 5.50. The van der Waals surface area contributed by atoms with E-state index in [2.05, 4.69) is 10.3 Å². The summed E-state index contributed by atoms with van der Waals surface area (Å²) in [5.41, 5.74) is 1.69. The van der Waals surface area contributed by atoms with Crippen LogP contribution in [0.5, 0.6) is 5.75 Å². The van der Waals surface area contributed by atoms with Gasteiger partial charge in [-0.05, 0) is 19.1 Å². The Bertz CT molecular complexity index is 688. The summed E-state index contributed by atoms with van der Waals surface area (Å²) in [7, 11) is 0. The van der Waals surface area contributed by atoms with Gasteiger partial charge < -0.3 is 15.2 Å². The molecule has 1 amide bonds. The lowest BCUT2D eigenvalue weighted by molar-refractivity contribution is -0.137. The maximum Gasteiger partial charge on any atom is 0.305 e. The third-order valence-electron chi connectivity index (χ3n) is 3.33. The Morgan fingerprint density at radius 2 is 2.04 bits per heavy atom. The van der Waals surface area contributed by atoms with Crippen molar-refractivity contribution in [1.82, 2.24) is 10.3 Å². The molecule has 0 aliphatic carbocycles. The summed E-state index contributed by atoms with van der Waals surface area (Å²) in [5.74, 6) is -0.549. The van der Waals surface area contributed by atoms with Gasteiger partial charge in [-0.3, -0.25) is 14.6 Å². The number of amides is 1. The Kier molecular flexibility index (Phi) is 6.31. The summed E-state index contributed by atoms with van der Waals surface area (Å²) in [6.07, 6.45) is 3.45. The lowest BCUT2D eigenvalue weighted by atomic mass is 10.1. The average Bonchev–Trinajstić information content (AvgIpc) is 2.54. The first-order chi connectivity index (χ1) is 11.5. The van der Waals surface area contributed by atoms with Crippen molar-refractivity contribution >= 4 is 11.9 Å². The number of aliphatic carboxylic acids is 1. The van der Waals surface area contributed by atoms with Crippen LogP contribution < -0.4 is 10.1 Å². The number of pyridine rings is 1. The van der Waals surface area contributed by atoms with Gasteiger partial charge in [0.1, 0.15) is 12.4 Å². The van der Waals surface area contributed by atoms with Crippen molar-refractivity contribution in [3.8, 4) is 5.75 Å². The van der Waals surface area contributed by atoms with Crippen molar-refractivity contribution < 1.29 is 19.4 Å². The van der Waals surface area contributed by atoms with Crippen molar-refractivity contribution in [2.24, 2.45) is 0 Å². The Balaban J connectivity index is 1.95. The first-order valence-electron chi connectivity index (χ1n) is 7.65. The second-order valence-electron chi connectivity index (χ2n) is 5.50. The van der Waals surface area contributed by atoms with E-state index in [0.29, 0.717) is 12.4 Å². The average molecular weight is 328 g/mol. The summed E-state index contributed by atoms with van der Waals surface area (Å²) < 4.78 is 5.78. The van der Waals surface area contributed by atoms with Gasteiger partial charge in [0.05, 0.1) is 12.8 Å². The Hall–Kier alpha value is -2.89. The Morgan fingerprint density at radius 1 is 1.25 bits per heavy atom. The minimum absolute atomic E-state index is 0.106. The maximum atomic E-state index is 12.1. The fraction of sp³-hybridized carbons (Fsp3) is 0.278. The van der Waals surface area contributed by atoms with Gasteiger partial charge in [-0.1, -0.05) is 24.3 Å². The summed E-state index contributed by atoms with van der Waals surface area (Å²) in [6.45, 7) is 2.03. The van der Waals surface area contributed by atoms with Gasteiger partial charge in [0.15, 0.2) is 0 Å². The highest BCUT2D eigenvalue weighted by atomic mass is 16.5. The Labute approximate surface area is 140 Å². The number of carbonyl (C=O) groups is 2. The number of nitrogens with one attached hydrogen (secondary N) is 1. The molecule has 0 saturated carbocycles. The maximum absolute atomic E-state index is 12.1. The predicted molar refractivity (Wildman–Crippen MR) is 88.6 cm³/mol. The van der Waals surface area contributed by atoms with E-state index < -0.39 is 12.0 Å². The van der Waals surface area contributed by atoms with Gasteiger partial charge in [-0.2, -0.15) is 0 Å². The standard InChI is InChI=1S/C18H20N2O4/c1-13(9-18(22)23)20-17(21)10-15-6-2-3-7-16(15)24-12-14-5-4-8-19-11-14/h2-8,11,13H,9-10,12H2,1H3,(H,20,21)(H,22,23)/t13-/m1/s1. The third kappa shape index (κ3) is 5.72. The number of carboxylic acids is 1. The van der Waals surface area contributed by atoms with Gasteiger partial charge >= 0.3 is 5.97 Å². The molecule has 0 radical (unpaired) electrons. The molecule has 2 rings (SSSR count). The molecular formula is C18H20N2O4. The van der Waals surface area contributed by atoms with Gasteiger partial charge in [0.25, 0.3) is 0 Å². The van der Waals surface area contributed by atoms with Gasteiger partial charge in [0.2, 0.25) is 5.91 Å². The highest BCUT2D eigenvalue weighted by Gasteiger charge is 2.13. The van der Waals surface area contributed by atoms with Crippen LogP contribution in [-0.2, 0) is 22.6 Å². The fourth-order valence-electron chi connectivity index (χ4n) is 2.25. The molecule has 6 heteroatoms. The molecule has 0 bridgehead atoms. The number of rotatable bonds is 8. The molecule has 0 aliphatic rings. The lowest BCUT2D eigenvalue weighted by Gasteiger charge is -2.14. The first-order valence-corrected chi connectivity index (χ1v) is 7.65. The van der Waals surface area contributed by atoms with Crippen molar-refractivity contribution in [1.29, 1.82) is 0 Å². The Morgan fingerprint density at radius 3 is 2.75 bits per heavy atom. The van der Waals surface area contributed by atoms with Crippen LogP contribution in [0.1, 0.15) is 24.5 Å². The molecular weight excluding hydrogens is 308 g/mol. The first kappa shape index (κ1) is 17.5. The molecule has 6 nitrogen and oxygen atoms in total. The summed E-state index contributed by atoms with van der Waals surface area (Å²) in [5, 5.41) is 11.4. The zero-order chi connectivity index (χ0) is 17.4. The van der Waals surface area contributed by atoms with Crippen LogP contribution in [0.3, 0.4) is 0 Å². The van der Waals surface area contributed by atoms with E-state index in [0.717, 1.165) is 11.1 Å². The number of aromatic nitrogens is 1. The smallest absolute Gasteiger partial charge is 0.305 e. The normalized spacial score (nSPS) is 11.5. The van der Waals surface area contributed by atoms with Crippen LogP contribution in [0.2, 0.25) is 0 Å². The molecule has 0 unspecified atom stereocenters. The largest absolute Gasteiger partial charge is 0.489 e. The van der Waals surface area contributed by atoms with Crippen molar-refractivity contribution in [2.45, 2.75) is 32.4 Å². The van der Waals surface area contributed by atoms with Crippen LogP contribution >= 0.6 is 0 Å². The molecule has 0 fully saturated rings. The quantitative estimate of drug-likeness (QED) is 0.775. The fourth-order valence-corrected chi connectivity index (χ4v) is 2.25. The molecule has 0 aliphatic heterocycles. The number of nitrogens with zero attached hydrogens (tertiary/aromatic N) is 1. The SMILES string of the molecule is C[C@H](CC(=O)O)NC(=O)Cc1ccccc1OCc1cccnc1. The molecule has 24 heavy (non-hydrogen) atoms. The number of benzene rings is 1. The van der Waals surface area contributed by atoms with E-state index >= 15 is 0 Å². The minimum Gasteiger partial charge on any atom is -0.489 e. The molecule has 1 aromatic carbocycles. The van der Waals surface area contributed by atoms with E-state index in [1.807, 2.05) is 30.3 Å². The van der Waals surface area contributed by atoms with E-state index in [9.17, 15) is 9.59 Å². The van der Waals surface area contributed by atoms with E-state index in [1.54, 1.807) is 25.4 Å². The van der Waals surface area contributed by atoms with E-state index in [-0.39, 0.29) is 18.7 Å². The second kappa shape index (κ2) is 8.67. The van der Waals surface area contributed by atoms with Crippen molar-refractivity contribution in [2.75, 3.05) is 0 Å². The van der Waals surface area contributed by atoms with E-state index in [1.165, 1.54) is 0 Å². The minimum atomic E-state index is -0.942. The molecule has 0 saturated heterocycles. The molecule has 0 spiro atoms. The highest BCUT2D eigenvalue weighted by Crippen LogP contribution is 2.20. The van der Waals surface area contributed by atoms with Gasteiger partial charge in [0, 0.05) is 29.6 Å². The molecule has 2 aromatic rings. The third-order valence-corrected chi connectivity index (χ3v) is 3.33. The highest BCUT2D eigenvalue weighted by molar-refractivity contribution is 5.80. The van der Waals surface area contributed by atoms with Crippen molar-refractivity contribution in [3.05, 3.63) is 59.9 Å². The summed E-state index contributed by atoms with van der Waals surface area (Å²) in [4.78, 5) is 26.7. The van der Waals surface area contributed by atoms with Crippen LogP contribution in [0.15, 0.2) is 48.8 Å². The van der Waals surface area contributed by atoms with Crippen LogP contribution in [0, 0.1) is 0 Å². The van der Waals surface area contributed by atoms with Gasteiger partial charge in [-0.15, -0.1) is 0 Å². The van der Waals surface area contributed by atoms with Crippen LogP contribution in [0.25, 0.3) is 0 Å². The molecule has 1 aromatic heterocycles. The number of carbonyl (C=O) groups excluding carboxylic acids is 1. The number of hydrogen-bond acceptors (Lipinski definition) is 4. The van der Waals surface area contributed by atoms with Crippen molar-refractivity contribution in [3.63, 3.8) is 0 Å². The molecule has 1 atom stereocenters. The number of carboxylic acid groups (broad SMARTS) is 1. The van der Waals surface area contributed by atoms with Crippen LogP contribution in [-0.4, -0.2) is 28.0 Å². The number of ether oxygens (including phenoxy) is 1. The topological polar surface area (TPSA) is 88.5 Å². The zero-order valence-electron chi connectivity index (χ0n) is 13.4. The van der Waals surface area contributed by atoms with Gasteiger partial charge in [-0.25, -0.2) is 0 Å². The molecule has 126 valence electrons. The lowest BCUT2D eigenvalue weighted by Crippen LogP contribution is -2.35.